The van der Waals surface area contributed by atoms with Gasteiger partial charge in [0.15, 0.2) is 0 Å². The van der Waals surface area contributed by atoms with Crippen LogP contribution in [0, 0.1) is 0 Å². The number of esters is 1. The molecule has 0 amide bonds. The molecule has 1 N–H and O–H groups in total. The molecular formula is C25H31N3O2. The normalized spacial score (nSPS) is 17.2. The van der Waals surface area contributed by atoms with Crippen molar-refractivity contribution in [3.8, 4) is 0 Å². The highest BCUT2D eigenvalue weighted by atomic mass is 16.5. The lowest BCUT2D eigenvalue weighted by Crippen LogP contribution is -2.49. The van der Waals surface area contributed by atoms with E-state index in [-0.39, 0.29) is 17.4 Å². The highest BCUT2D eigenvalue weighted by Crippen LogP contribution is 2.35. The topological polar surface area (TPSA) is 58.2 Å². The number of H-pyrrole nitrogens is 1. The molecule has 1 unspecified atom stereocenters. The van der Waals surface area contributed by atoms with Gasteiger partial charge >= 0.3 is 5.97 Å². The average Bonchev–Trinajstić information content (AvgIpc) is 3.22. The third-order valence-corrected chi connectivity index (χ3v) is 6.54. The van der Waals surface area contributed by atoms with E-state index in [9.17, 15) is 4.79 Å². The van der Waals surface area contributed by atoms with Gasteiger partial charge in [0.25, 0.3) is 0 Å². The maximum atomic E-state index is 12.5. The molecule has 0 spiro atoms. The maximum Gasteiger partial charge on any atom is 0.313 e. The summed E-state index contributed by atoms with van der Waals surface area (Å²) in [7, 11) is 1.48. The fraction of sp³-hybridized carbons (Fsp3) is 0.440. The van der Waals surface area contributed by atoms with Crippen LogP contribution in [0.3, 0.4) is 0 Å². The molecule has 5 heteroatoms. The van der Waals surface area contributed by atoms with Crippen LogP contribution in [0.4, 0.5) is 0 Å². The number of carbonyl (C=O) groups is 1. The Morgan fingerprint density at radius 2 is 1.80 bits per heavy atom. The number of methoxy groups -OCH3 is 1. The largest absolute Gasteiger partial charge is 0.469 e. The number of aromatic amines is 1. The number of carbonyl (C=O) groups excluding carboxylic acids is 1. The second-order valence-electron chi connectivity index (χ2n) is 8.90. The summed E-state index contributed by atoms with van der Waals surface area (Å²) in [6.45, 7) is 6.48. The Kier molecular flexibility index (Phi) is 5.91. The van der Waals surface area contributed by atoms with Crippen LogP contribution in [-0.2, 0) is 9.53 Å². The van der Waals surface area contributed by atoms with Crippen LogP contribution in [0.5, 0.6) is 0 Å². The highest BCUT2D eigenvalue weighted by Gasteiger charge is 2.36. The van der Waals surface area contributed by atoms with Gasteiger partial charge in [-0.2, -0.15) is 0 Å². The summed E-state index contributed by atoms with van der Waals surface area (Å²) >= 11 is 0. The smallest absolute Gasteiger partial charge is 0.313 e. The number of ether oxygens (including phenoxy) is 1. The van der Waals surface area contributed by atoms with Crippen LogP contribution >= 0.6 is 0 Å². The lowest BCUT2D eigenvalue weighted by molar-refractivity contribution is -0.143. The van der Waals surface area contributed by atoms with E-state index in [0.717, 1.165) is 54.8 Å². The Labute approximate surface area is 178 Å². The van der Waals surface area contributed by atoms with Crippen LogP contribution in [0.15, 0.2) is 54.6 Å². The first-order chi connectivity index (χ1) is 14.5. The number of imidazole rings is 1. The van der Waals surface area contributed by atoms with Gasteiger partial charge in [0.2, 0.25) is 0 Å². The third-order valence-electron chi connectivity index (χ3n) is 6.54. The van der Waals surface area contributed by atoms with Crippen molar-refractivity contribution in [2.75, 3.05) is 20.2 Å². The van der Waals surface area contributed by atoms with Gasteiger partial charge in [0.1, 0.15) is 5.82 Å². The lowest BCUT2D eigenvalue weighted by atomic mass is 9.83. The van der Waals surface area contributed by atoms with Gasteiger partial charge in [0.05, 0.1) is 24.1 Å². The second-order valence-corrected chi connectivity index (χ2v) is 8.90. The van der Waals surface area contributed by atoms with Gasteiger partial charge < -0.3 is 9.72 Å². The summed E-state index contributed by atoms with van der Waals surface area (Å²) in [6.07, 6.45) is 2.87. The molecule has 1 saturated heterocycles. The van der Waals surface area contributed by atoms with Crippen molar-refractivity contribution in [3.63, 3.8) is 0 Å². The van der Waals surface area contributed by atoms with E-state index in [1.165, 1.54) is 7.11 Å². The predicted molar refractivity (Wildman–Crippen MR) is 120 cm³/mol. The summed E-state index contributed by atoms with van der Waals surface area (Å²) < 4.78 is 5.13. The van der Waals surface area contributed by atoms with E-state index in [2.05, 4.69) is 35.9 Å². The van der Waals surface area contributed by atoms with Gasteiger partial charge in [-0.1, -0.05) is 42.5 Å². The Hall–Kier alpha value is -2.66. The van der Waals surface area contributed by atoms with Crippen molar-refractivity contribution in [2.45, 2.75) is 50.5 Å². The van der Waals surface area contributed by atoms with Gasteiger partial charge in [-0.05, 0) is 63.9 Å². The Morgan fingerprint density at radius 3 is 2.47 bits per heavy atom. The molecule has 1 atom stereocenters. The minimum absolute atomic E-state index is 0.104. The van der Waals surface area contributed by atoms with Crippen LogP contribution in [0.25, 0.3) is 11.0 Å². The van der Waals surface area contributed by atoms with E-state index < -0.39 is 0 Å². The van der Waals surface area contributed by atoms with Gasteiger partial charge in [-0.3, -0.25) is 9.69 Å². The summed E-state index contributed by atoms with van der Waals surface area (Å²) in [5, 5.41) is 0. The van der Waals surface area contributed by atoms with E-state index >= 15 is 0 Å². The quantitative estimate of drug-likeness (QED) is 0.595. The summed E-state index contributed by atoms with van der Waals surface area (Å²) in [5.41, 5.74) is 3.07. The molecule has 2 heterocycles. The average molecular weight is 406 g/mol. The number of likely N-dealkylation sites (tertiary alicyclic amines) is 1. The molecule has 0 aliphatic carbocycles. The first kappa shape index (κ1) is 20.6. The molecule has 158 valence electrons. The van der Waals surface area contributed by atoms with Crippen molar-refractivity contribution >= 4 is 17.0 Å². The molecule has 0 bridgehead atoms. The molecule has 4 rings (SSSR count). The van der Waals surface area contributed by atoms with Crippen LogP contribution in [-0.4, -0.2) is 46.6 Å². The standard InChI is InChI=1S/C25H31N3O2/c1-25(2,17-20(24(29)30-3)18-9-5-4-6-10-18)28-15-13-19(14-16-28)23-26-21-11-7-8-12-22(21)27-23/h4-12,19-20H,13-17H2,1-3H3,(H,26,27). The SMILES string of the molecule is COC(=O)C(CC(C)(C)N1CCC(c2nc3ccccc3[nH]2)CC1)c1ccccc1. The maximum absolute atomic E-state index is 12.5. The van der Waals surface area contributed by atoms with E-state index in [0.29, 0.717) is 5.92 Å². The fourth-order valence-electron chi connectivity index (χ4n) is 4.72. The molecule has 3 aromatic rings. The summed E-state index contributed by atoms with van der Waals surface area (Å²) in [5.74, 6) is 1.14. The van der Waals surface area contributed by atoms with Crippen LogP contribution in [0.2, 0.25) is 0 Å². The van der Waals surface area contributed by atoms with E-state index in [1.807, 2.05) is 42.5 Å². The Bertz CT molecular complexity index is 955. The first-order valence-corrected chi connectivity index (χ1v) is 10.8. The van der Waals surface area contributed by atoms with Gasteiger partial charge in [-0.15, -0.1) is 0 Å². The molecule has 2 aromatic carbocycles. The third kappa shape index (κ3) is 4.26. The van der Waals surface area contributed by atoms with Gasteiger partial charge in [-0.25, -0.2) is 4.98 Å². The molecule has 5 nitrogen and oxygen atoms in total. The van der Waals surface area contributed by atoms with E-state index in [4.69, 9.17) is 9.72 Å². The molecule has 1 aliphatic rings. The number of piperidine rings is 1. The minimum atomic E-state index is -0.251. The zero-order chi connectivity index (χ0) is 21.1. The molecule has 30 heavy (non-hydrogen) atoms. The summed E-state index contributed by atoms with van der Waals surface area (Å²) in [4.78, 5) is 23.4. The molecular weight excluding hydrogens is 374 g/mol. The summed E-state index contributed by atoms with van der Waals surface area (Å²) in [6, 6.07) is 18.2. The zero-order valence-corrected chi connectivity index (χ0v) is 18.1. The Morgan fingerprint density at radius 1 is 1.13 bits per heavy atom. The van der Waals surface area contributed by atoms with Crippen LogP contribution < -0.4 is 0 Å². The molecule has 1 aliphatic heterocycles. The predicted octanol–water partition coefficient (Wildman–Crippen LogP) is 4.87. The van der Waals surface area contributed by atoms with Crippen molar-refractivity contribution in [2.24, 2.45) is 0 Å². The van der Waals surface area contributed by atoms with Crippen molar-refractivity contribution in [1.82, 2.24) is 14.9 Å². The zero-order valence-electron chi connectivity index (χ0n) is 18.1. The minimum Gasteiger partial charge on any atom is -0.469 e. The number of rotatable bonds is 6. The van der Waals surface area contributed by atoms with Crippen molar-refractivity contribution in [3.05, 3.63) is 66.0 Å². The first-order valence-electron chi connectivity index (χ1n) is 10.8. The number of nitrogens with one attached hydrogen (secondary N) is 1. The van der Waals surface area contributed by atoms with E-state index in [1.54, 1.807) is 0 Å². The number of para-hydroxylation sites is 2. The number of nitrogens with zero attached hydrogens (tertiary/aromatic N) is 2. The Balaban J connectivity index is 1.44. The lowest BCUT2D eigenvalue weighted by Gasteiger charge is -2.44. The fourth-order valence-corrected chi connectivity index (χ4v) is 4.72. The number of hydrogen-bond donors (Lipinski definition) is 1. The number of aromatic nitrogens is 2. The molecule has 1 aromatic heterocycles. The number of benzene rings is 2. The highest BCUT2D eigenvalue weighted by molar-refractivity contribution is 5.78. The van der Waals surface area contributed by atoms with Gasteiger partial charge in [0, 0.05) is 11.5 Å². The molecule has 1 fully saturated rings. The number of fused-ring (bicyclic) bond motifs is 1. The molecule has 0 saturated carbocycles. The number of hydrogen-bond acceptors (Lipinski definition) is 4. The van der Waals surface area contributed by atoms with Crippen molar-refractivity contribution in [1.29, 1.82) is 0 Å². The second kappa shape index (κ2) is 8.60. The monoisotopic (exact) mass is 405 g/mol. The molecule has 0 radical (unpaired) electrons. The van der Waals surface area contributed by atoms with Crippen LogP contribution in [0.1, 0.15) is 56.3 Å². The van der Waals surface area contributed by atoms with Crippen molar-refractivity contribution < 1.29 is 9.53 Å².